The van der Waals surface area contributed by atoms with E-state index >= 15 is 0 Å². The van der Waals surface area contributed by atoms with Crippen molar-refractivity contribution < 1.29 is 14.4 Å². The van der Waals surface area contributed by atoms with Crippen LogP contribution in [0.5, 0.6) is 0 Å². The molecule has 3 aromatic carbocycles. The Morgan fingerprint density at radius 1 is 0.969 bits per heavy atom. The smallest absolute Gasteiger partial charge is 0.277 e. The lowest BCUT2D eigenvalue weighted by atomic mass is 10.1. The highest BCUT2D eigenvalue weighted by Crippen LogP contribution is 2.20. The Labute approximate surface area is 185 Å². The quantitative estimate of drug-likeness (QED) is 0.282. The molecule has 1 aliphatic heterocycles. The zero-order valence-electron chi connectivity index (χ0n) is 17.5. The van der Waals surface area contributed by atoms with Crippen molar-refractivity contribution in [2.24, 2.45) is 10.8 Å². The van der Waals surface area contributed by atoms with Crippen molar-refractivity contribution in [2.75, 3.05) is 6.54 Å². The summed E-state index contributed by atoms with van der Waals surface area (Å²) in [6.45, 7) is 0.412. The van der Waals surface area contributed by atoms with Crippen molar-refractivity contribution in [1.82, 2.24) is 10.3 Å². The van der Waals surface area contributed by atoms with Gasteiger partial charge < -0.3 is 4.90 Å². The molecule has 1 heterocycles. The Kier molecular flexibility index (Phi) is 6.37. The lowest BCUT2D eigenvalue weighted by Gasteiger charge is -2.24. The summed E-state index contributed by atoms with van der Waals surface area (Å²) in [6, 6.07) is 21.8. The van der Waals surface area contributed by atoms with Gasteiger partial charge in [-0.1, -0.05) is 60.7 Å². The summed E-state index contributed by atoms with van der Waals surface area (Å²) < 4.78 is 0. The molecule has 1 atom stereocenters. The molecule has 162 valence electrons. The van der Waals surface area contributed by atoms with E-state index < -0.39 is 23.8 Å². The van der Waals surface area contributed by atoms with Gasteiger partial charge in [0, 0.05) is 18.5 Å². The van der Waals surface area contributed by atoms with Crippen LogP contribution in [0.2, 0.25) is 0 Å². The van der Waals surface area contributed by atoms with Crippen molar-refractivity contribution in [2.45, 2.75) is 25.3 Å². The van der Waals surface area contributed by atoms with Crippen LogP contribution in [0, 0.1) is 0 Å². The molecule has 7 nitrogen and oxygen atoms in total. The van der Waals surface area contributed by atoms with E-state index in [0.717, 1.165) is 16.3 Å². The van der Waals surface area contributed by atoms with Gasteiger partial charge in [0.2, 0.25) is 0 Å². The molecule has 0 bridgehead atoms. The molecule has 1 fully saturated rings. The molecule has 0 aromatic heterocycles. The summed E-state index contributed by atoms with van der Waals surface area (Å²) in [5, 5.41) is 1.94. The number of nitrogens with zero attached hydrogens (tertiary/aromatic N) is 2. The summed E-state index contributed by atoms with van der Waals surface area (Å²) in [5.41, 5.74) is 3.48. The number of fused-ring (bicyclic) bond motifs is 1. The number of carbonyl (C=O) groups is 3. The Morgan fingerprint density at radius 2 is 1.69 bits per heavy atom. The number of aliphatic imine (C=N–C) groups is 1. The molecule has 3 aromatic rings. The van der Waals surface area contributed by atoms with E-state index in [1.54, 1.807) is 12.1 Å². The highest BCUT2D eigenvalue weighted by Gasteiger charge is 2.35. The fourth-order valence-corrected chi connectivity index (χ4v) is 4.01. The van der Waals surface area contributed by atoms with Gasteiger partial charge in [0.1, 0.15) is 11.8 Å². The Hall–Kier alpha value is -3.84. The average molecular weight is 428 g/mol. The van der Waals surface area contributed by atoms with Crippen LogP contribution in [0.4, 0.5) is 0 Å². The van der Waals surface area contributed by atoms with E-state index in [1.165, 1.54) is 4.90 Å². The van der Waals surface area contributed by atoms with E-state index in [-0.39, 0.29) is 12.1 Å². The minimum atomic E-state index is -0.663. The molecule has 32 heavy (non-hydrogen) atoms. The number of carbonyl (C=O) groups excluding carboxylic acids is 3. The van der Waals surface area contributed by atoms with E-state index in [4.69, 9.17) is 5.84 Å². The highest BCUT2D eigenvalue weighted by atomic mass is 16.2. The van der Waals surface area contributed by atoms with Crippen LogP contribution >= 0.6 is 0 Å². The van der Waals surface area contributed by atoms with Crippen LogP contribution in [-0.4, -0.2) is 40.9 Å². The number of hydrogen-bond acceptors (Lipinski definition) is 4. The first-order chi connectivity index (χ1) is 15.6. The zero-order chi connectivity index (χ0) is 22.5. The van der Waals surface area contributed by atoms with Crippen molar-refractivity contribution in [3.05, 3.63) is 83.9 Å². The molecule has 7 heteroatoms. The third kappa shape index (κ3) is 4.58. The second kappa shape index (κ2) is 9.53. The summed E-state index contributed by atoms with van der Waals surface area (Å²) >= 11 is 0. The first kappa shape index (κ1) is 21.4. The van der Waals surface area contributed by atoms with E-state index in [9.17, 15) is 14.4 Å². The Morgan fingerprint density at radius 3 is 2.44 bits per heavy atom. The van der Waals surface area contributed by atoms with Crippen molar-refractivity contribution in [3.63, 3.8) is 0 Å². The second-order valence-corrected chi connectivity index (χ2v) is 7.75. The van der Waals surface area contributed by atoms with Crippen molar-refractivity contribution in [3.8, 4) is 0 Å². The third-order valence-corrected chi connectivity index (χ3v) is 5.65. The number of hydrazine groups is 1. The highest BCUT2D eigenvalue weighted by molar-refractivity contribution is 6.41. The number of amides is 3. The lowest BCUT2D eigenvalue weighted by molar-refractivity contribution is -0.134. The van der Waals surface area contributed by atoms with Gasteiger partial charge in [-0.3, -0.25) is 19.8 Å². The molecule has 1 aliphatic rings. The molecule has 0 radical (unpaired) electrons. The van der Waals surface area contributed by atoms with E-state index in [0.29, 0.717) is 24.9 Å². The standard InChI is InChI=1S/C25H24N4O3/c26-28-24(31)22-11-6-14-29(22)25(32)21(15-17-7-2-1-3-8-17)27-23(30)20-13-12-18-9-4-5-10-19(18)16-20/h1-5,7-10,12-13,16,22H,6,11,14-15,26H2,(H,28,31)/t22-/m0/s1. The molecule has 0 unspecified atom stereocenters. The van der Waals surface area contributed by atoms with Gasteiger partial charge in [-0.25, -0.2) is 10.8 Å². The molecule has 1 saturated heterocycles. The lowest BCUT2D eigenvalue weighted by Crippen LogP contribution is -2.50. The van der Waals surface area contributed by atoms with Gasteiger partial charge in [-0.2, -0.15) is 0 Å². The molecular formula is C25H24N4O3. The summed E-state index contributed by atoms with van der Waals surface area (Å²) in [7, 11) is 0. The Bertz CT molecular complexity index is 1190. The normalized spacial score (nSPS) is 16.2. The minimum absolute atomic E-state index is 0.103. The van der Waals surface area contributed by atoms with Crippen LogP contribution in [0.1, 0.15) is 28.8 Å². The maximum absolute atomic E-state index is 13.4. The van der Waals surface area contributed by atoms with Gasteiger partial charge in [0.25, 0.3) is 17.7 Å². The topological polar surface area (TPSA) is 105 Å². The maximum Gasteiger partial charge on any atom is 0.277 e. The predicted octanol–water partition coefficient (Wildman–Crippen LogP) is 2.64. The van der Waals surface area contributed by atoms with Crippen molar-refractivity contribution in [1.29, 1.82) is 0 Å². The molecule has 3 N–H and O–H groups in total. The average Bonchev–Trinajstić information content (AvgIpc) is 3.33. The summed E-state index contributed by atoms with van der Waals surface area (Å²) in [4.78, 5) is 44.2. The number of nitrogens with two attached hydrogens (primary N) is 1. The largest absolute Gasteiger partial charge is 0.326 e. The van der Waals surface area contributed by atoms with Gasteiger partial charge in [0.15, 0.2) is 0 Å². The number of benzene rings is 3. The van der Waals surface area contributed by atoms with Gasteiger partial charge >= 0.3 is 0 Å². The number of nitrogens with one attached hydrogen (secondary N) is 1. The van der Waals surface area contributed by atoms with E-state index in [2.05, 4.69) is 10.4 Å². The predicted molar refractivity (Wildman–Crippen MR) is 123 cm³/mol. The Balaban J connectivity index is 1.67. The fourth-order valence-electron chi connectivity index (χ4n) is 4.01. The molecular weight excluding hydrogens is 404 g/mol. The summed E-state index contributed by atoms with van der Waals surface area (Å²) in [5.74, 6) is 3.96. The fraction of sp³-hybridized carbons (Fsp3) is 0.200. The first-order valence-electron chi connectivity index (χ1n) is 10.5. The van der Waals surface area contributed by atoms with Crippen LogP contribution in [0.25, 0.3) is 10.8 Å². The van der Waals surface area contributed by atoms with Crippen molar-refractivity contribution >= 4 is 34.2 Å². The first-order valence-corrected chi connectivity index (χ1v) is 10.5. The number of hydrogen-bond donors (Lipinski definition) is 2. The maximum atomic E-state index is 13.4. The minimum Gasteiger partial charge on any atom is -0.326 e. The molecule has 0 aliphatic carbocycles. The second-order valence-electron chi connectivity index (χ2n) is 7.75. The monoisotopic (exact) mass is 428 g/mol. The zero-order valence-corrected chi connectivity index (χ0v) is 17.5. The molecule has 4 rings (SSSR count). The number of likely N-dealkylation sites (tertiary alicyclic amines) is 1. The molecule has 3 amide bonds. The van der Waals surface area contributed by atoms with Crippen LogP contribution in [-0.2, 0) is 16.0 Å². The van der Waals surface area contributed by atoms with Gasteiger partial charge in [0.05, 0.1) is 0 Å². The SMILES string of the molecule is NNC(=O)[C@@H]1CCCN1C(=O)C(Cc1ccccc1)=NC(=O)c1ccc2ccccc2c1. The van der Waals surface area contributed by atoms with Crippen LogP contribution < -0.4 is 11.3 Å². The molecule has 0 spiro atoms. The molecule has 0 saturated carbocycles. The van der Waals surface area contributed by atoms with Crippen LogP contribution in [0.15, 0.2) is 77.8 Å². The number of rotatable bonds is 5. The van der Waals surface area contributed by atoms with Gasteiger partial charge in [-0.05, 0) is 41.3 Å². The summed E-state index contributed by atoms with van der Waals surface area (Å²) in [6.07, 6.45) is 1.39. The van der Waals surface area contributed by atoms with Crippen LogP contribution in [0.3, 0.4) is 0 Å². The third-order valence-electron chi connectivity index (χ3n) is 5.65. The van der Waals surface area contributed by atoms with Gasteiger partial charge in [-0.15, -0.1) is 0 Å². The van der Waals surface area contributed by atoms with E-state index in [1.807, 2.05) is 60.7 Å².